The predicted octanol–water partition coefficient (Wildman–Crippen LogP) is 11.1. The minimum atomic E-state index is 0.696. The normalized spacial score (nSPS) is 12.2. The third-order valence-corrected chi connectivity index (χ3v) is 11.1. The van der Waals surface area contributed by atoms with Crippen LogP contribution in [0.15, 0.2) is 127 Å². The van der Waals surface area contributed by atoms with Gasteiger partial charge in [-0.1, -0.05) is 103 Å². The maximum Gasteiger partial charge on any atom is 0.235 e. The Bertz CT molecular complexity index is 2730. The van der Waals surface area contributed by atoms with E-state index in [0.29, 0.717) is 5.95 Å². The second-order valence-electron chi connectivity index (χ2n) is 11.0. The fourth-order valence-corrected chi connectivity index (χ4v) is 9.39. The summed E-state index contributed by atoms with van der Waals surface area (Å²) >= 11 is 3.77. The average molecular weight is 584 g/mol. The molecule has 4 aromatic heterocycles. The van der Waals surface area contributed by atoms with Gasteiger partial charge in [-0.25, -0.2) is 9.97 Å². The molecule has 43 heavy (non-hydrogen) atoms. The van der Waals surface area contributed by atoms with Crippen LogP contribution in [0.4, 0.5) is 0 Å². The van der Waals surface area contributed by atoms with Gasteiger partial charge in [0.05, 0.1) is 31.6 Å². The van der Waals surface area contributed by atoms with E-state index in [-0.39, 0.29) is 0 Å². The van der Waals surface area contributed by atoms with E-state index in [2.05, 4.69) is 132 Å². The second-order valence-corrected chi connectivity index (χ2v) is 13.1. The van der Waals surface area contributed by atoms with Crippen LogP contribution in [0.5, 0.6) is 0 Å². The molecule has 6 aromatic carbocycles. The molecule has 200 valence electrons. The van der Waals surface area contributed by atoms with Crippen LogP contribution in [0.2, 0.25) is 0 Å². The van der Waals surface area contributed by atoms with Gasteiger partial charge in [0.25, 0.3) is 0 Å². The molecule has 3 nitrogen and oxygen atoms in total. The molecule has 0 atom stereocenters. The number of para-hydroxylation sites is 1. The number of thiophene rings is 2. The summed E-state index contributed by atoms with van der Waals surface area (Å²) in [5.41, 5.74) is 5.29. The molecule has 0 aliphatic carbocycles. The van der Waals surface area contributed by atoms with E-state index in [1.807, 2.05) is 22.7 Å². The number of hydrogen-bond donors (Lipinski definition) is 0. The smallest absolute Gasteiger partial charge is 0.235 e. The fourth-order valence-electron chi connectivity index (χ4n) is 6.72. The molecule has 0 aliphatic heterocycles. The van der Waals surface area contributed by atoms with Gasteiger partial charge in [0.1, 0.15) is 0 Å². The van der Waals surface area contributed by atoms with E-state index in [4.69, 9.17) is 9.97 Å². The molecule has 0 saturated carbocycles. The summed E-state index contributed by atoms with van der Waals surface area (Å²) in [5.74, 6) is 0.696. The molecule has 4 heterocycles. The summed E-state index contributed by atoms with van der Waals surface area (Å²) in [6.07, 6.45) is 0. The molecule has 10 rings (SSSR count). The third kappa shape index (κ3) is 3.23. The van der Waals surface area contributed by atoms with Gasteiger partial charge in [-0.05, 0) is 29.7 Å². The molecule has 0 aliphatic rings. The first-order chi connectivity index (χ1) is 21.3. The largest absolute Gasteiger partial charge is 0.277 e. The molecule has 5 heteroatoms. The number of rotatable bonds is 2. The van der Waals surface area contributed by atoms with E-state index in [1.54, 1.807) is 0 Å². The van der Waals surface area contributed by atoms with Gasteiger partial charge in [-0.15, -0.1) is 22.7 Å². The fraction of sp³-hybridized carbons (Fsp3) is 0. The highest BCUT2D eigenvalue weighted by atomic mass is 32.1. The molecular weight excluding hydrogens is 563 g/mol. The minimum absolute atomic E-state index is 0.696. The standard InChI is InChI=1S/C38H21N3S2/c1-2-11-23(12-3-1)33-28-19-18-22-10-4-5-13-24(22)34(28)40-38(39-33)41-29-16-8-6-14-25(29)26-20-21-31-32(35(26)41)37-36(43-31)27-15-7-9-17-30(27)42-37/h1-21H. The lowest BCUT2D eigenvalue weighted by atomic mass is 10.0. The lowest BCUT2D eigenvalue weighted by Gasteiger charge is -2.13. The Hall–Kier alpha value is -5.10. The average Bonchev–Trinajstić information content (AvgIpc) is 3.72. The van der Waals surface area contributed by atoms with Gasteiger partial charge in [-0.2, -0.15) is 0 Å². The molecule has 0 fully saturated rings. The highest BCUT2D eigenvalue weighted by molar-refractivity contribution is 7.36. The van der Waals surface area contributed by atoms with Crippen LogP contribution >= 0.6 is 22.7 Å². The Labute approximate surface area is 253 Å². The molecule has 0 radical (unpaired) electrons. The molecular formula is C38H21N3S2. The van der Waals surface area contributed by atoms with Crippen molar-refractivity contribution in [2.45, 2.75) is 0 Å². The summed E-state index contributed by atoms with van der Waals surface area (Å²) in [7, 11) is 0. The molecule has 0 unspecified atom stereocenters. The van der Waals surface area contributed by atoms with Gasteiger partial charge < -0.3 is 0 Å². The monoisotopic (exact) mass is 583 g/mol. The Morgan fingerprint density at radius 3 is 2.12 bits per heavy atom. The third-order valence-electron chi connectivity index (χ3n) is 8.61. The zero-order chi connectivity index (χ0) is 28.1. The van der Waals surface area contributed by atoms with Crippen LogP contribution in [0.25, 0.3) is 90.3 Å². The number of hydrogen-bond acceptors (Lipinski definition) is 4. The SMILES string of the molecule is c1ccc(-c2nc(-n3c4ccccc4c4ccc5sc6c7ccccc7sc6c5c43)nc3c2ccc2ccccc23)cc1. The van der Waals surface area contributed by atoms with Gasteiger partial charge in [0, 0.05) is 47.3 Å². The molecule has 10 aromatic rings. The highest BCUT2D eigenvalue weighted by Gasteiger charge is 2.22. The van der Waals surface area contributed by atoms with Gasteiger partial charge in [-0.3, -0.25) is 4.57 Å². The Morgan fingerprint density at radius 1 is 0.488 bits per heavy atom. The van der Waals surface area contributed by atoms with Crippen molar-refractivity contribution in [1.29, 1.82) is 0 Å². The first kappa shape index (κ1) is 23.5. The zero-order valence-electron chi connectivity index (χ0n) is 22.8. The van der Waals surface area contributed by atoms with Crippen molar-refractivity contribution in [3.63, 3.8) is 0 Å². The topological polar surface area (TPSA) is 30.7 Å². The van der Waals surface area contributed by atoms with Gasteiger partial charge in [0.15, 0.2) is 0 Å². The summed E-state index contributed by atoms with van der Waals surface area (Å²) in [5, 5.41) is 8.42. The highest BCUT2D eigenvalue weighted by Crippen LogP contribution is 2.48. The number of aromatic nitrogens is 3. The summed E-state index contributed by atoms with van der Waals surface area (Å²) in [6.45, 7) is 0. The van der Waals surface area contributed by atoms with Gasteiger partial charge in [0.2, 0.25) is 5.95 Å². The Balaban J connectivity index is 1.43. The molecule has 0 spiro atoms. The summed E-state index contributed by atoms with van der Waals surface area (Å²) in [6, 6.07) is 45.4. The van der Waals surface area contributed by atoms with Crippen LogP contribution in [-0.2, 0) is 0 Å². The Kier molecular flexibility index (Phi) is 4.75. The van der Waals surface area contributed by atoms with Crippen LogP contribution in [0.3, 0.4) is 0 Å². The number of nitrogens with zero attached hydrogens (tertiary/aromatic N) is 3. The maximum atomic E-state index is 5.40. The first-order valence-electron chi connectivity index (χ1n) is 14.3. The number of benzene rings is 6. The zero-order valence-corrected chi connectivity index (χ0v) is 24.4. The molecule has 0 saturated heterocycles. The van der Waals surface area contributed by atoms with E-state index in [0.717, 1.165) is 33.1 Å². The molecule has 0 bridgehead atoms. The van der Waals surface area contributed by atoms with Crippen molar-refractivity contribution in [3.05, 3.63) is 127 Å². The number of fused-ring (bicyclic) bond motifs is 12. The molecule has 0 amide bonds. The summed E-state index contributed by atoms with van der Waals surface area (Å²) in [4.78, 5) is 10.8. The van der Waals surface area contributed by atoms with E-state index < -0.39 is 0 Å². The second kappa shape index (κ2) is 8.71. The van der Waals surface area contributed by atoms with Crippen LogP contribution in [0.1, 0.15) is 0 Å². The van der Waals surface area contributed by atoms with E-state index in [9.17, 15) is 0 Å². The molecule has 0 N–H and O–H groups in total. The van der Waals surface area contributed by atoms with Crippen LogP contribution < -0.4 is 0 Å². The van der Waals surface area contributed by atoms with Crippen molar-refractivity contribution in [2.24, 2.45) is 0 Å². The predicted molar refractivity (Wildman–Crippen MR) is 185 cm³/mol. The van der Waals surface area contributed by atoms with E-state index in [1.165, 1.54) is 51.2 Å². The maximum absolute atomic E-state index is 5.40. The van der Waals surface area contributed by atoms with Crippen molar-refractivity contribution >= 4 is 95.7 Å². The lowest BCUT2D eigenvalue weighted by molar-refractivity contribution is 1.02. The summed E-state index contributed by atoms with van der Waals surface area (Å²) < 4.78 is 7.63. The van der Waals surface area contributed by atoms with Gasteiger partial charge >= 0.3 is 0 Å². The van der Waals surface area contributed by atoms with Crippen molar-refractivity contribution in [2.75, 3.05) is 0 Å². The van der Waals surface area contributed by atoms with Crippen LogP contribution in [0, 0.1) is 0 Å². The van der Waals surface area contributed by atoms with E-state index >= 15 is 0 Å². The first-order valence-corrected chi connectivity index (χ1v) is 16.0. The van der Waals surface area contributed by atoms with Crippen LogP contribution in [-0.4, -0.2) is 14.5 Å². The lowest BCUT2D eigenvalue weighted by Crippen LogP contribution is -2.04. The quantitative estimate of drug-likeness (QED) is 0.190. The van der Waals surface area contributed by atoms with Crippen molar-refractivity contribution < 1.29 is 0 Å². The van der Waals surface area contributed by atoms with Crippen molar-refractivity contribution in [1.82, 2.24) is 14.5 Å². The Morgan fingerprint density at radius 2 is 1.21 bits per heavy atom. The van der Waals surface area contributed by atoms with Crippen molar-refractivity contribution in [3.8, 4) is 17.2 Å². The minimum Gasteiger partial charge on any atom is -0.277 e.